The van der Waals surface area contributed by atoms with Crippen LogP contribution in [0, 0.1) is 5.82 Å². The summed E-state index contributed by atoms with van der Waals surface area (Å²) in [6.07, 6.45) is -0.0827. The standard InChI is InChI=1S/C15H19FO5/c1-3-20-10-9-15(13(17)18,14(19)21-4-2)11-5-7-12(16)8-6-11/h5-8H,3-4,9-10H2,1-2H3,(H,17,18). The van der Waals surface area contributed by atoms with E-state index in [2.05, 4.69) is 0 Å². The summed E-state index contributed by atoms with van der Waals surface area (Å²) in [5.74, 6) is -2.72. The normalized spacial score (nSPS) is 13.5. The molecule has 0 radical (unpaired) electrons. The largest absolute Gasteiger partial charge is 0.480 e. The molecule has 1 rings (SSSR count). The molecule has 0 saturated carbocycles. The lowest BCUT2D eigenvalue weighted by atomic mass is 9.77. The molecule has 0 heterocycles. The predicted molar refractivity (Wildman–Crippen MR) is 73.5 cm³/mol. The first-order valence-electron chi connectivity index (χ1n) is 6.73. The maximum atomic E-state index is 13.0. The second kappa shape index (κ2) is 7.73. The predicted octanol–water partition coefficient (Wildman–Crippen LogP) is 2.14. The number of halogens is 1. The van der Waals surface area contributed by atoms with Crippen molar-refractivity contribution in [3.63, 3.8) is 0 Å². The van der Waals surface area contributed by atoms with E-state index in [-0.39, 0.29) is 25.2 Å². The number of carboxylic acid groups (broad SMARTS) is 1. The molecule has 1 aromatic carbocycles. The molecule has 116 valence electrons. The van der Waals surface area contributed by atoms with Crippen LogP contribution in [0.1, 0.15) is 25.8 Å². The first-order valence-corrected chi connectivity index (χ1v) is 6.73. The second-order valence-electron chi connectivity index (χ2n) is 4.38. The molecule has 0 spiro atoms. The van der Waals surface area contributed by atoms with Crippen LogP contribution < -0.4 is 0 Å². The van der Waals surface area contributed by atoms with Crippen LogP contribution in [0.5, 0.6) is 0 Å². The molecule has 5 nitrogen and oxygen atoms in total. The topological polar surface area (TPSA) is 72.8 Å². The summed E-state index contributed by atoms with van der Waals surface area (Å²) in [5, 5.41) is 9.59. The molecule has 21 heavy (non-hydrogen) atoms. The van der Waals surface area contributed by atoms with Crippen molar-refractivity contribution in [2.45, 2.75) is 25.7 Å². The van der Waals surface area contributed by atoms with Gasteiger partial charge in [-0.25, -0.2) is 4.39 Å². The zero-order valence-electron chi connectivity index (χ0n) is 12.1. The highest BCUT2D eigenvalue weighted by Gasteiger charge is 2.49. The summed E-state index contributed by atoms with van der Waals surface area (Å²) in [7, 11) is 0. The minimum atomic E-state index is -1.89. The van der Waals surface area contributed by atoms with Crippen LogP contribution in [0.3, 0.4) is 0 Å². The van der Waals surface area contributed by atoms with Gasteiger partial charge in [-0.2, -0.15) is 0 Å². The molecule has 1 atom stereocenters. The van der Waals surface area contributed by atoms with Crippen LogP contribution in [0.15, 0.2) is 24.3 Å². The van der Waals surface area contributed by atoms with Gasteiger partial charge in [0.25, 0.3) is 0 Å². The van der Waals surface area contributed by atoms with Crippen LogP contribution in [0.2, 0.25) is 0 Å². The Labute approximate surface area is 122 Å². The monoisotopic (exact) mass is 298 g/mol. The van der Waals surface area contributed by atoms with Crippen molar-refractivity contribution in [2.75, 3.05) is 19.8 Å². The van der Waals surface area contributed by atoms with E-state index in [0.717, 1.165) is 12.1 Å². The van der Waals surface area contributed by atoms with Crippen LogP contribution in [0.4, 0.5) is 4.39 Å². The Morgan fingerprint density at radius 3 is 2.29 bits per heavy atom. The number of aliphatic carboxylic acids is 1. The molecular weight excluding hydrogens is 279 g/mol. The smallest absolute Gasteiger partial charge is 0.328 e. The van der Waals surface area contributed by atoms with Crippen molar-refractivity contribution in [2.24, 2.45) is 0 Å². The molecule has 1 N–H and O–H groups in total. The summed E-state index contributed by atoms with van der Waals surface area (Å²) >= 11 is 0. The molecule has 0 aliphatic carbocycles. The van der Waals surface area contributed by atoms with Gasteiger partial charge in [-0.15, -0.1) is 0 Å². The lowest BCUT2D eigenvalue weighted by Gasteiger charge is -2.27. The van der Waals surface area contributed by atoms with Crippen molar-refractivity contribution in [3.8, 4) is 0 Å². The van der Waals surface area contributed by atoms with Gasteiger partial charge < -0.3 is 14.6 Å². The lowest BCUT2D eigenvalue weighted by Crippen LogP contribution is -2.46. The number of hydrogen-bond acceptors (Lipinski definition) is 4. The Kier molecular flexibility index (Phi) is 6.30. The SMILES string of the molecule is CCOCCC(C(=O)O)(C(=O)OCC)c1ccc(F)cc1. The molecule has 0 aliphatic rings. The quantitative estimate of drug-likeness (QED) is 0.452. The summed E-state index contributed by atoms with van der Waals surface area (Å²) in [5.41, 5.74) is -1.71. The minimum Gasteiger partial charge on any atom is -0.480 e. The number of carboxylic acids is 1. The van der Waals surface area contributed by atoms with Gasteiger partial charge in [-0.05, 0) is 31.5 Å². The molecule has 1 aromatic rings. The fourth-order valence-corrected chi connectivity index (χ4v) is 2.04. The Hall–Kier alpha value is -1.95. The van der Waals surface area contributed by atoms with Crippen molar-refractivity contribution >= 4 is 11.9 Å². The molecule has 0 aliphatic heterocycles. The highest BCUT2D eigenvalue weighted by molar-refractivity contribution is 6.05. The van der Waals surface area contributed by atoms with E-state index in [1.807, 2.05) is 0 Å². The number of ether oxygens (including phenoxy) is 2. The molecule has 6 heteroatoms. The summed E-state index contributed by atoms with van der Waals surface area (Å²) in [6.45, 7) is 3.91. The highest BCUT2D eigenvalue weighted by atomic mass is 19.1. The van der Waals surface area contributed by atoms with E-state index in [9.17, 15) is 19.1 Å². The minimum absolute atomic E-state index is 0.0592. The Balaban J connectivity index is 3.25. The number of benzene rings is 1. The summed E-state index contributed by atoms with van der Waals surface area (Å²) in [6, 6.07) is 4.80. The molecule has 0 fully saturated rings. The number of rotatable bonds is 8. The number of carbonyl (C=O) groups excluding carboxylic acids is 1. The van der Waals surface area contributed by atoms with Gasteiger partial charge in [0.1, 0.15) is 5.82 Å². The third-order valence-electron chi connectivity index (χ3n) is 3.15. The van der Waals surface area contributed by atoms with Crippen molar-refractivity contribution in [3.05, 3.63) is 35.6 Å². The number of carbonyl (C=O) groups is 2. The summed E-state index contributed by atoms with van der Waals surface area (Å²) in [4.78, 5) is 24.0. The maximum absolute atomic E-state index is 13.0. The Morgan fingerprint density at radius 1 is 1.19 bits per heavy atom. The fraction of sp³-hybridized carbons (Fsp3) is 0.467. The first-order chi connectivity index (χ1) is 9.98. The molecular formula is C15H19FO5. The van der Waals surface area contributed by atoms with E-state index >= 15 is 0 Å². The highest BCUT2D eigenvalue weighted by Crippen LogP contribution is 2.31. The van der Waals surface area contributed by atoms with Gasteiger partial charge >= 0.3 is 11.9 Å². The molecule has 1 unspecified atom stereocenters. The van der Waals surface area contributed by atoms with E-state index < -0.39 is 23.2 Å². The maximum Gasteiger partial charge on any atom is 0.328 e. The van der Waals surface area contributed by atoms with Crippen LogP contribution in [-0.4, -0.2) is 36.9 Å². The summed E-state index contributed by atoms with van der Waals surface area (Å²) < 4.78 is 23.1. The third-order valence-corrected chi connectivity index (χ3v) is 3.15. The zero-order valence-corrected chi connectivity index (χ0v) is 12.1. The molecule has 0 bridgehead atoms. The van der Waals surface area contributed by atoms with Gasteiger partial charge in [0, 0.05) is 19.6 Å². The van der Waals surface area contributed by atoms with Gasteiger partial charge in [0.2, 0.25) is 0 Å². The molecule has 0 saturated heterocycles. The Morgan fingerprint density at radius 2 is 1.81 bits per heavy atom. The average Bonchev–Trinajstić information content (AvgIpc) is 2.45. The molecule has 0 aromatic heterocycles. The fourth-order valence-electron chi connectivity index (χ4n) is 2.04. The van der Waals surface area contributed by atoms with Gasteiger partial charge in [0.15, 0.2) is 5.41 Å². The lowest BCUT2D eigenvalue weighted by molar-refractivity contribution is -0.162. The van der Waals surface area contributed by atoms with E-state index in [1.54, 1.807) is 13.8 Å². The number of hydrogen-bond donors (Lipinski definition) is 1. The van der Waals surface area contributed by atoms with Crippen LogP contribution >= 0.6 is 0 Å². The van der Waals surface area contributed by atoms with Crippen LogP contribution in [-0.2, 0) is 24.5 Å². The van der Waals surface area contributed by atoms with Crippen molar-refractivity contribution in [1.29, 1.82) is 0 Å². The van der Waals surface area contributed by atoms with Crippen molar-refractivity contribution < 1.29 is 28.6 Å². The Bertz CT molecular complexity index is 485. The third kappa shape index (κ3) is 3.78. The zero-order chi connectivity index (χ0) is 15.9. The van der Waals surface area contributed by atoms with E-state index in [4.69, 9.17) is 9.47 Å². The van der Waals surface area contributed by atoms with E-state index in [1.165, 1.54) is 12.1 Å². The number of esters is 1. The van der Waals surface area contributed by atoms with Crippen LogP contribution in [0.25, 0.3) is 0 Å². The second-order valence-corrected chi connectivity index (χ2v) is 4.38. The average molecular weight is 298 g/mol. The van der Waals surface area contributed by atoms with Gasteiger partial charge in [0.05, 0.1) is 6.61 Å². The van der Waals surface area contributed by atoms with Gasteiger partial charge in [-0.1, -0.05) is 12.1 Å². The molecule has 0 amide bonds. The first kappa shape index (κ1) is 17.1. The van der Waals surface area contributed by atoms with E-state index in [0.29, 0.717) is 6.61 Å². The van der Waals surface area contributed by atoms with Crippen molar-refractivity contribution in [1.82, 2.24) is 0 Å². The van der Waals surface area contributed by atoms with Gasteiger partial charge in [-0.3, -0.25) is 9.59 Å².